The Labute approximate surface area is 272 Å². The maximum Gasteiger partial charge on any atom is 0.245 e. The fraction of sp³-hybridized carbons (Fsp3) is 0.533. The van der Waals surface area contributed by atoms with Crippen molar-refractivity contribution in [3.8, 4) is 0 Å². The lowest BCUT2D eigenvalue weighted by molar-refractivity contribution is -0.133. The molecule has 0 radical (unpaired) electrons. The molecular weight excluding hydrogens is 616 g/mol. The van der Waals surface area contributed by atoms with Crippen molar-refractivity contribution in [2.75, 3.05) is 26.2 Å². The maximum atomic E-state index is 13.4. The SMILES string of the molecule is CC(C)C[C@H](NC(=O)CNC(=O)CNC(=O)[C@H](C)N)C(=O)N[C@@H](Cc1ccccc1)C(=O)NCC(=O)N[C@@H](CO)C(=O)N[C@@H](C)C=O. The number of rotatable bonds is 20. The normalized spacial score (nSPS) is 13.9. The van der Waals surface area contributed by atoms with Gasteiger partial charge >= 0.3 is 0 Å². The summed E-state index contributed by atoms with van der Waals surface area (Å²) >= 11 is 0. The van der Waals surface area contributed by atoms with Crippen molar-refractivity contribution in [1.82, 2.24) is 37.2 Å². The van der Waals surface area contributed by atoms with Gasteiger partial charge in [-0.05, 0) is 31.7 Å². The monoisotopic (exact) mass is 662 g/mol. The fourth-order valence-electron chi connectivity index (χ4n) is 3.94. The summed E-state index contributed by atoms with van der Waals surface area (Å²) in [5.74, 6) is -5.00. The van der Waals surface area contributed by atoms with E-state index in [1.807, 2.05) is 13.8 Å². The average Bonchev–Trinajstić information content (AvgIpc) is 3.03. The summed E-state index contributed by atoms with van der Waals surface area (Å²) in [5.41, 5.74) is 6.11. The molecule has 0 fully saturated rings. The molecule has 260 valence electrons. The lowest BCUT2D eigenvalue weighted by Gasteiger charge is -2.24. The Hall–Kier alpha value is -4.90. The number of benzene rings is 1. The van der Waals surface area contributed by atoms with Gasteiger partial charge in [0.1, 0.15) is 24.4 Å². The number of hydrogen-bond donors (Lipinski definition) is 9. The zero-order valence-electron chi connectivity index (χ0n) is 27.0. The van der Waals surface area contributed by atoms with Crippen molar-refractivity contribution < 1.29 is 43.5 Å². The second-order valence-electron chi connectivity index (χ2n) is 11.2. The topological polar surface area (TPSA) is 267 Å². The second kappa shape index (κ2) is 21.0. The number of nitrogens with one attached hydrogen (secondary N) is 7. The Morgan fingerprint density at radius 2 is 1.21 bits per heavy atom. The third kappa shape index (κ3) is 16.3. The zero-order valence-corrected chi connectivity index (χ0v) is 27.0. The summed E-state index contributed by atoms with van der Waals surface area (Å²) in [6.45, 7) is 4.24. The van der Waals surface area contributed by atoms with E-state index in [9.17, 15) is 43.5 Å². The largest absolute Gasteiger partial charge is 0.394 e. The molecule has 0 aromatic heterocycles. The van der Waals surface area contributed by atoms with Crippen LogP contribution < -0.4 is 43.0 Å². The Bertz CT molecular complexity index is 1240. The van der Waals surface area contributed by atoms with E-state index in [4.69, 9.17) is 5.73 Å². The molecule has 0 aliphatic heterocycles. The van der Waals surface area contributed by atoms with Crippen LogP contribution in [0.2, 0.25) is 0 Å². The highest BCUT2D eigenvalue weighted by Crippen LogP contribution is 2.08. The molecule has 5 atom stereocenters. The minimum absolute atomic E-state index is 0.0246. The summed E-state index contributed by atoms with van der Waals surface area (Å²) in [5, 5.41) is 26.3. The molecule has 47 heavy (non-hydrogen) atoms. The predicted molar refractivity (Wildman–Crippen MR) is 169 cm³/mol. The van der Waals surface area contributed by atoms with Gasteiger partial charge in [-0.1, -0.05) is 44.2 Å². The van der Waals surface area contributed by atoms with Gasteiger partial charge in [0.15, 0.2) is 0 Å². The van der Waals surface area contributed by atoms with Crippen LogP contribution in [-0.4, -0.2) is 109 Å². The first kappa shape index (κ1) is 40.1. The summed E-state index contributed by atoms with van der Waals surface area (Å²) in [6, 6.07) is 3.39. The van der Waals surface area contributed by atoms with Gasteiger partial charge in [0.2, 0.25) is 41.4 Å². The van der Waals surface area contributed by atoms with Crippen LogP contribution >= 0.6 is 0 Å². The van der Waals surface area contributed by atoms with E-state index in [0.29, 0.717) is 11.8 Å². The molecule has 0 heterocycles. The van der Waals surface area contributed by atoms with Gasteiger partial charge in [-0.15, -0.1) is 0 Å². The molecule has 17 heteroatoms. The van der Waals surface area contributed by atoms with E-state index < -0.39 is 97.8 Å². The van der Waals surface area contributed by atoms with Crippen LogP contribution in [0.25, 0.3) is 0 Å². The molecule has 0 saturated heterocycles. The fourth-order valence-corrected chi connectivity index (χ4v) is 3.94. The van der Waals surface area contributed by atoms with Crippen LogP contribution in [0, 0.1) is 5.92 Å². The van der Waals surface area contributed by atoms with E-state index in [1.165, 1.54) is 13.8 Å². The van der Waals surface area contributed by atoms with Crippen molar-refractivity contribution in [3.63, 3.8) is 0 Å². The number of aliphatic hydroxyl groups excluding tert-OH is 1. The Morgan fingerprint density at radius 3 is 1.77 bits per heavy atom. The van der Waals surface area contributed by atoms with Crippen LogP contribution in [0.3, 0.4) is 0 Å². The molecule has 0 unspecified atom stereocenters. The van der Waals surface area contributed by atoms with Crippen LogP contribution in [0.1, 0.15) is 39.7 Å². The molecular formula is C30H46N8O9. The number of hydrogen-bond acceptors (Lipinski definition) is 10. The van der Waals surface area contributed by atoms with Gasteiger partial charge in [-0.3, -0.25) is 33.6 Å². The molecule has 7 amide bonds. The highest BCUT2D eigenvalue weighted by atomic mass is 16.3. The Kier molecular flexibility index (Phi) is 17.9. The van der Waals surface area contributed by atoms with Gasteiger partial charge in [-0.25, -0.2) is 0 Å². The van der Waals surface area contributed by atoms with E-state index in [1.54, 1.807) is 30.3 Å². The van der Waals surface area contributed by atoms with Gasteiger partial charge < -0.3 is 52.9 Å². The molecule has 1 aromatic carbocycles. The lowest BCUT2D eigenvalue weighted by atomic mass is 10.0. The van der Waals surface area contributed by atoms with Gasteiger partial charge in [0, 0.05) is 6.42 Å². The van der Waals surface area contributed by atoms with E-state index >= 15 is 0 Å². The molecule has 1 rings (SSSR count). The van der Waals surface area contributed by atoms with E-state index in [-0.39, 0.29) is 18.8 Å². The van der Waals surface area contributed by atoms with Crippen molar-refractivity contribution >= 4 is 47.6 Å². The maximum absolute atomic E-state index is 13.4. The highest BCUT2D eigenvalue weighted by Gasteiger charge is 2.28. The molecule has 0 spiro atoms. The Balaban J connectivity index is 2.92. The first-order valence-electron chi connectivity index (χ1n) is 15.0. The molecule has 0 aliphatic rings. The van der Waals surface area contributed by atoms with E-state index in [2.05, 4.69) is 37.2 Å². The average molecular weight is 663 g/mol. The third-order valence-corrected chi connectivity index (χ3v) is 6.39. The van der Waals surface area contributed by atoms with E-state index in [0.717, 1.165) is 0 Å². The number of aldehydes is 1. The van der Waals surface area contributed by atoms with Crippen molar-refractivity contribution in [1.29, 1.82) is 0 Å². The van der Waals surface area contributed by atoms with Gasteiger partial charge in [0.05, 0.1) is 38.3 Å². The molecule has 10 N–H and O–H groups in total. The number of carbonyl (C=O) groups is 8. The Morgan fingerprint density at radius 1 is 0.681 bits per heavy atom. The van der Waals surface area contributed by atoms with Crippen LogP contribution in [0.15, 0.2) is 30.3 Å². The minimum atomic E-state index is -1.37. The van der Waals surface area contributed by atoms with Crippen LogP contribution in [0.5, 0.6) is 0 Å². The standard InChI is InChI=1S/C30H46N8O9/c1-17(2)10-21(36-25(42)13-32-24(41)12-33-27(44)19(4)31)29(46)38-22(11-20-8-6-5-7-9-20)28(45)34-14-26(43)37-23(16-40)30(47)35-18(3)15-39/h5-9,15,17-19,21-23,40H,10-14,16,31H2,1-4H3,(H,32,41)(H,33,44)(H,34,45)(H,35,47)(H,36,42)(H,37,43)(H,38,46)/t18-,19-,21-,22-,23-/m0/s1. The third-order valence-electron chi connectivity index (χ3n) is 6.39. The molecule has 1 aromatic rings. The summed E-state index contributed by atoms with van der Waals surface area (Å²) in [4.78, 5) is 98.2. The van der Waals surface area contributed by atoms with Crippen LogP contribution in [-0.2, 0) is 44.8 Å². The molecule has 0 aliphatic carbocycles. The molecule has 0 bridgehead atoms. The number of amides is 7. The van der Waals surface area contributed by atoms with Gasteiger partial charge in [-0.2, -0.15) is 0 Å². The predicted octanol–water partition coefficient (Wildman–Crippen LogP) is -3.88. The minimum Gasteiger partial charge on any atom is -0.394 e. The first-order valence-corrected chi connectivity index (χ1v) is 15.0. The summed E-state index contributed by atoms with van der Waals surface area (Å²) < 4.78 is 0. The zero-order chi connectivity index (χ0) is 35.5. The molecule has 17 nitrogen and oxygen atoms in total. The van der Waals surface area contributed by atoms with Crippen molar-refractivity contribution in [3.05, 3.63) is 35.9 Å². The highest BCUT2D eigenvalue weighted by molar-refractivity contribution is 5.95. The van der Waals surface area contributed by atoms with Crippen LogP contribution in [0.4, 0.5) is 0 Å². The van der Waals surface area contributed by atoms with Crippen molar-refractivity contribution in [2.24, 2.45) is 11.7 Å². The first-order chi connectivity index (χ1) is 22.2. The summed E-state index contributed by atoms with van der Waals surface area (Å²) in [7, 11) is 0. The number of aliphatic hydroxyl groups is 1. The smallest absolute Gasteiger partial charge is 0.245 e. The molecule has 0 saturated carbocycles. The van der Waals surface area contributed by atoms with Gasteiger partial charge in [0.25, 0.3) is 0 Å². The quantitative estimate of drug-likeness (QED) is 0.0613. The number of carbonyl (C=O) groups excluding carboxylic acids is 8. The second-order valence-corrected chi connectivity index (χ2v) is 11.2. The summed E-state index contributed by atoms with van der Waals surface area (Å²) in [6.07, 6.45) is 0.682. The van der Waals surface area contributed by atoms with Crippen molar-refractivity contribution in [2.45, 2.75) is 70.7 Å². The number of nitrogens with two attached hydrogens (primary N) is 1. The lowest BCUT2D eigenvalue weighted by Crippen LogP contribution is -2.57.